The van der Waals surface area contributed by atoms with Crippen LogP contribution in [-0.4, -0.2) is 33.7 Å². The number of nitrogen functional groups attached to an aromatic ring is 1. The van der Waals surface area contributed by atoms with Gasteiger partial charge in [-0.3, -0.25) is 0 Å². The molecular weight excluding hydrogens is 182 g/mol. The highest BCUT2D eigenvalue weighted by atomic mass is 16.5. The van der Waals surface area contributed by atoms with Crippen LogP contribution in [0.1, 0.15) is 5.82 Å². The second kappa shape index (κ2) is 3.59. The Balaban J connectivity index is 2.36. The zero-order valence-corrected chi connectivity index (χ0v) is 7.82. The van der Waals surface area contributed by atoms with E-state index in [9.17, 15) is 0 Å². The number of imidazole rings is 1. The molecule has 6 nitrogen and oxygen atoms in total. The first kappa shape index (κ1) is 8.89. The Morgan fingerprint density at radius 3 is 3.07 bits per heavy atom. The fraction of sp³-hybridized carbons (Fsp3) is 0.375. The molecule has 0 unspecified atom stereocenters. The summed E-state index contributed by atoms with van der Waals surface area (Å²) < 4.78 is 4.94. The Hall–Kier alpha value is -1.69. The van der Waals surface area contributed by atoms with Crippen LogP contribution in [0.15, 0.2) is 6.33 Å². The summed E-state index contributed by atoms with van der Waals surface area (Å²) in [6.07, 6.45) is 2.12. The first-order valence-corrected chi connectivity index (χ1v) is 4.25. The largest absolute Gasteiger partial charge is 0.384 e. The number of anilines is 1. The van der Waals surface area contributed by atoms with Crippen LogP contribution in [0.2, 0.25) is 0 Å². The van der Waals surface area contributed by atoms with E-state index >= 15 is 0 Å². The van der Waals surface area contributed by atoms with Crippen molar-refractivity contribution >= 4 is 17.0 Å². The van der Waals surface area contributed by atoms with Crippen molar-refractivity contribution in [1.82, 2.24) is 19.9 Å². The molecule has 2 aromatic rings. The summed E-state index contributed by atoms with van der Waals surface area (Å²) in [5.41, 5.74) is 6.94. The summed E-state index contributed by atoms with van der Waals surface area (Å²) in [5.74, 6) is 1.24. The molecule has 0 fully saturated rings. The molecule has 0 aliphatic rings. The lowest BCUT2D eigenvalue weighted by molar-refractivity contribution is 0.201. The van der Waals surface area contributed by atoms with Gasteiger partial charge < -0.3 is 15.5 Å². The average molecular weight is 193 g/mol. The van der Waals surface area contributed by atoms with Crippen molar-refractivity contribution in [1.29, 1.82) is 0 Å². The predicted molar refractivity (Wildman–Crippen MR) is 51.7 cm³/mol. The second-order valence-corrected chi connectivity index (χ2v) is 2.88. The van der Waals surface area contributed by atoms with E-state index in [1.807, 2.05) is 0 Å². The van der Waals surface area contributed by atoms with Gasteiger partial charge in [0.1, 0.15) is 17.7 Å². The molecule has 0 bridgehead atoms. The summed E-state index contributed by atoms with van der Waals surface area (Å²) >= 11 is 0. The molecule has 0 aliphatic heterocycles. The number of methoxy groups -OCH3 is 1. The monoisotopic (exact) mass is 193 g/mol. The Labute approximate surface area is 80.5 Å². The van der Waals surface area contributed by atoms with Crippen molar-refractivity contribution in [2.45, 2.75) is 6.42 Å². The topological polar surface area (TPSA) is 89.7 Å². The maximum atomic E-state index is 5.64. The highest BCUT2D eigenvalue weighted by Gasteiger charge is 2.06. The molecule has 6 heteroatoms. The molecule has 14 heavy (non-hydrogen) atoms. The van der Waals surface area contributed by atoms with Crippen LogP contribution in [0.4, 0.5) is 5.82 Å². The van der Waals surface area contributed by atoms with Gasteiger partial charge in [-0.05, 0) is 0 Å². The maximum Gasteiger partial charge on any atom is 0.183 e. The van der Waals surface area contributed by atoms with Crippen LogP contribution >= 0.6 is 0 Å². The van der Waals surface area contributed by atoms with Crippen molar-refractivity contribution in [3.05, 3.63) is 12.2 Å². The van der Waals surface area contributed by atoms with E-state index in [1.165, 1.54) is 6.33 Å². The molecule has 0 aliphatic carbocycles. The third kappa shape index (κ3) is 1.51. The molecule has 0 atom stereocenters. The fourth-order valence-corrected chi connectivity index (χ4v) is 1.21. The van der Waals surface area contributed by atoms with E-state index in [2.05, 4.69) is 19.9 Å². The van der Waals surface area contributed by atoms with Crippen LogP contribution in [0.25, 0.3) is 11.2 Å². The minimum atomic E-state index is 0.422. The number of ether oxygens (including phenoxy) is 1. The van der Waals surface area contributed by atoms with Crippen molar-refractivity contribution in [2.75, 3.05) is 19.5 Å². The summed E-state index contributed by atoms with van der Waals surface area (Å²) in [6.45, 7) is 0.618. The molecule has 0 amide bonds. The van der Waals surface area contributed by atoms with Crippen molar-refractivity contribution in [3.63, 3.8) is 0 Å². The van der Waals surface area contributed by atoms with E-state index < -0.39 is 0 Å². The van der Waals surface area contributed by atoms with Gasteiger partial charge in [0.25, 0.3) is 0 Å². The summed E-state index contributed by atoms with van der Waals surface area (Å²) in [4.78, 5) is 15.2. The van der Waals surface area contributed by atoms with Gasteiger partial charge in [-0.25, -0.2) is 15.0 Å². The van der Waals surface area contributed by atoms with E-state index in [0.29, 0.717) is 30.0 Å². The van der Waals surface area contributed by atoms with E-state index in [4.69, 9.17) is 10.5 Å². The van der Waals surface area contributed by atoms with Crippen LogP contribution in [0, 0.1) is 0 Å². The average Bonchev–Trinajstić information content (AvgIpc) is 2.59. The third-order valence-electron chi connectivity index (χ3n) is 1.91. The number of aromatic amines is 1. The number of rotatable bonds is 3. The molecule has 0 aromatic carbocycles. The molecule has 74 valence electrons. The summed E-state index contributed by atoms with van der Waals surface area (Å²) in [5, 5.41) is 0. The molecular formula is C8H11N5O. The summed E-state index contributed by atoms with van der Waals surface area (Å²) in [7, 11) is 1.65. The third-order valence-corrected chi connectivity index (χ3v) is 1.91. The first-order chi connectivity index (χ1) is 6.81. The van der Waals surface area contributed by atoms with Gasteiger partial charge in [-0.2, -0.15) is 0 Å². The minimum absolute atomic E-state index is 0.422. The van der Waals surface area contributed by atoms with Gasteiger partial charge in [0.15, 0.2) is 11.5 Å². The van der Waals surface area contributed by atoms with Crippen molar-refractivity contribution < 1.29 is 4.74 Å². The second-order valence-electron chi connectivity index (χ2n) is 2.88. The number of H-pyrrole nitrogens is 1. The molecule has 2 rings (SSSR count). The lowest BCUT2D eigenvalue weighted by Gasteiger charge is -1.93. The molecule has 0 saturated carbocycles. The quantitative estimate of drug-likeness (QED) is 0.722. The van der Waals surface area contributed by atoms with Crippen molar-refractivity contribution in [2.24, 2.45) is 0 Å². The van der Waals surface area contributed by atoms with Crippen LogP contribution in [-0.2, 0) is 11.2 Å². The standard InChI is InChI=1S/C8H11N5O/c1-14-3-2-5-12-6-7(9)10-4-11-8(6)13-5/h4H,2-3H2,1H3,(H3,9,10,11,12,13). The lowest BCUT2D eigenvalue weighted by Crippen LogP contribution is -1.96. The molecule has 2 heterocycles. The minimum Gasteiger partial charge on any atom is -0.384 e. The van der Waals surface area contributed by atoms with E-state index in [-0.39, 0.29) is 0 Å². The molecule has 0 spiro atoms. The number of hydrogen-bond donors (Lipinski definition) is 2. The lowest BCUT2D eigenvalue weighted by atomic mass is 10.4. The smallest absolute Gasteiger partial charge is 0.183 e. The Morgan fingerprint density at radius 1 is 1.50 bits per heavy atom. The van der Waals surface area contributed by atoms with Gasteiger partial charge in [-0.1, -0.05) is 0 Å². The highest BCUT2D eigenvalue weighted by molar-refractivity contribution is 5.80. The van der Waals surface area contributed by atoms with Gasteiger partial charge in [0.05, 0.1) is 6.61 Å². The zero-order valence-electron chi connectivity index (χ0n) is 7.82. The van der Waals surface area contributed by atoms with Gasteiger partial charge >= 0.3 is 0 Å². The van der Waals surface area contributed by atoms with Crippen LogP contribution < -0.4 is 5.73 Å². The van der Waals surface area contributed by atoms with Gasteiger partial charge in [-0.15, -0.1) is 0 Å². The normalized spacial score (nSPS) is 10.9. The number of nitrogens with two attached hydrogens (primary N) is 1. The van der Waals surface area contributed by atoms with Crippen LogP contribution in [0.3, 0.4) is 0 Å². The Bertz CT molecular complexity index is 438. The van der Waals surface area contributed by atoms with Crippen LogP contribution in [0.5, 0.6) is 0 Å². The maximum absolute atomic E-state index is 5.64. The Kier molecular flexibility index (Phi) is 2.28. The molecule has 3 N–H and O–H groups in total. The highest BCUT2D eigenvalue weighted by Crippen LogP contribution is 2.13. The number of nitrogens with one attached hydrogen (secondary N) is 1. The molecule has 0 radical (unpaired) electrons. The van der Waals surface area contributed by atoms with Crippen molar-refractivity contribution in [3.8, 4) is 0 Å². The number of nitrogens with zero attached hydrogens (tertiary/aromatic N) is 3. The zero-order chi connectivity index (χ0) is 9.97. The number of fused-ring (bicyclic) bond motifs is 1. The summed E-state index contributed by atoms with van der Waals surface area (Å²) in [6, 6.07) is 0. The first-order valence-electron chi connectivity index (χ1n) is 4.25. The fourth-order valence-electron chi connectivity index (χ4n) is 1.21. The number of hydrogen-bond acceptors (Lipinski definition) is 5. The Morgan fingerprint density at radius 2 is 2.36 bits per heavy atom. The predicted octanol–water partition coefficient (Wildman–Crippen LogP) is 0.124. The van der Waals surface area contributed by atoms with Gasteiger partial charge in [0.2, 0.25) is 0 Å². The SMILES string of the molecule is COCCc1nc2ncnc(N)c2[nH]1. The van der Waals surface area contributed by atoms with E-state index in [1.54, 1.807) is 7.11 Å². The number of aromatic nitrogens is 4. The van der Waals surface area contributed by atoms with Gasteiger partial charge in [0, 0.05) is 13.5 Å². The molecule has 2 aromatic heterocycles. The van der Waals surface area contributed by atoms with E-state index in [0.717, 1.165) is 5.82 Å². The molecule has 0 saturated heterocycles.